The third-order valence-corrected chi connectivity index (χ3v) is 4.72. The number of nitrogens with two attached hydrogens (primary N) is 1. The van der Waals surface area contributed by atoms with Crippen LogP contribution in [-0.2, 0) is 10.0 Å². The Morgan fingerprint density at radius 3 is 2.68 bits per heavy atom. The van der Waals surface area contributed by atoms with Crippen LogP contribution in [-0.4, -0.2) is 20.4 Å². The number of hydrogen-bond donors (Lipinski definition) is 2. The van der Waals surface area contributed by atoms with E-state index < -0.39 is 10.0 Å². The molecule has 0 amide bonds. The summed E-state index contributed by atoms with van der Waals surface area (Å²) in [7, 11) is -2.13. The number of rotatable bonds is 4. The van der Waals surface area contributed by atoms with E-state index in [0.29, 0.717) is 15.8 Å². The molecule has 2 rings (SSSR count). The molecule has 0 unspecified atom stereocenters. The molecule has 2 aromatic rings. The maximum atomic E-state index is 11.6. The molecular formula is C11H13N3O3S2. The molecule has 1 aromatic heterocycles. The standard InChI is InChI=1S/C11H13N3O3S2/c1-7-6-17-11(14-7)18-10-4-3-8(5-9(10)12)19(15,16)13-2/h3-6,13H,12H2,1-2H3. The molecule has 0 bridgehead atoms. The molecule has 0 radical (unpaired) electrons. The quantitative estimate of drug-likeness (QED) is 0.833. The van der Waals surface area contributed by atoms with Crippen LogP contribution in [0.25, 0.3) is 0 Å². The van der Waals surface area contributed by atoms with Gasteiger partial charge in [-0.25, -0.2) is 18.1 Å². The molecule has 19 heavy (non-hydrogen) atoms. The summed E-state index contributed by atoms with van der Waals surface area (Å²) in [6.07, 6.45) is 1.54. The Hall–Kier alpha value is -1.51. The number of oxazole rings is 1. The third-order valence-electron chi connectivity index (χ3n) is 2.36. The van der Waals surface area contributed by atoms with Crippen LogP contribution in [0.1, 0.15) is 5.69 Å². The normalized spacial score (nSPS) is 11.7. The van der Waals surface area contributed by atoms with Gasteiger partial charge in [0.2, 0.25) is 10.0 Å². The highest BCUT2D eigenvalue weighted by molar-refractivity contribution is 7.99. The van der Waals surface area contributed by atoms with E-state index in [9.17, 15) is 8.42 Å². The minimum Gasteiger partial charge on any atom is -0.439 e. The molecule has 8 heteroatoms. The number of aromatic nitrogens is 1. The second kappa shape index (κ2) is 5.24. The number of benzene rings is 1. The van der Waals surface area contributed by atoms with Crippen molar-refractivity contribution in [3.63, 3.8) is 0 Å². The van der Waals surface area contributed by atoms with Crippen LogP contribution in [0.15, 0.2) is 43.9 Å². The lowest BCUT2D eigenvalue weighted by Crippen LogP contribution is -2.18. The van der Waals surface area contributed by atoms with Crippen molar-refractivity contribution in [1.29, 1.82) is 0 Å². The van der Waals surface area contributed by atoms with Crippen molar-refractivity contribution in [2.75, 3.05) is 12.8 Å². The average molecular weight is 299 g/mol. The average Bonchev–Trinajstić information content (AvgIpc) is 2.77. The van der Waals surface area contributed by atoms with Gasteiger partial charge in [-0.2, -0.15) is 0 Å². The first-order valence-corrected chi connectivity index (χ1v) is 7.65. The van der Waals surface area contributed by atoms with E-state index in [1.807, 2.05) is 6.92 Å². The van der Waals surface area contributed by atoms with Crippen LogP contribution in [0.2, 0.25) is 0 Å². The largest absolute Gasteiger partial charge is 0.439 e. The third kappa shape index (κ3) is 3.09. The Bertz CT molecular complexity index is 695. The molecule has 0 saturated heterocycles. The second-order valence-corrected chi connectivity index (χ2v) is 6.64. The smallest absolute Gasteiger partial charge is 0.260 e. The maximum Gasteiger partial charge on any atom is 0.260 e. The fourth-order valence-electron chi connectivity index (χ4n) is 1.38. The maximum absolute atomic E-state index is 11.6. The molecule has 1 heterocycles. The lowest BCUT2D eigenvalue weighted by Gasteiger charge is -2.06. The molecule has 0 fully saturated rings. The lowest BCUT2D eigenvalue weighted by molar-refractivity contribution is 0.454. The number of hydrogen-bond acceptors (Lipinski definition) is 6. The fourth-order valence-corrected chi connectivity index (χ4v) is 2.93. The minimum atomic E-state index is -3.48. The monoisotopic (exact) mass is 299 g/mol. The molecule has 0 atom stereocenters. The van der Waals surface area contributed by atoms with E-state index >= 15 is 0 Å². The van der Waals surface area contributed by atoms with E-state index in [4.69, 9.17) is 10.2 Å². The molecule has 6 nitrogen and oxygen atoms in total. The number of nitrogen functional groups attached to an aromatic ring is 1. The van der Waals surface area contributed by atoms with Crippen LogP contribution in [0.3, 0.4) is 0 Å². The molecule has 0 aliphatic rings. The summed E-state index contributed by atoms with van der Waals surface area (Å²) in [6, 6.07) is 4.52. The van der Waals surface area contributed by atoms with Gasteiger partial charge in [0.15, 0.2) is 0 Å². The molecule has 0 aliphatic carbocycles. The Kier molecular flexibility index (Phi) is 3.83. The molecule has 102 valence electrons. The first-order valence-electron chi connectivity index (χ1n) is 5.35. The van der Waals surface area contributed by atoms with E-state index in [1.165, 1.54) is 30.9 Å². The first-order chi connectivity index (χ1) is 8.92. The zero-order valence-electron chi connectivity index (χ0n) is 10.4. The van der Waals surface area contributed by atoms with Gasteiger partial charge in [-0.3, -0.25) is 0 Å². The summed E-state index contributed by atoms with van der Waals surface area (Å²) in [5.41, 5.74) is 6.98. The van der Waals surface area contributed by atoms with Gasteiger partial charge in [-0.15, -0.1) is 0 Å². The van der Waals surface area contributed by atoms with Crippen LogP contribution in [0, 0.1) is 6.92 Å². The van der Waals surface area contributed by atoms with Crippen molar-refractivity contribution in [2.45, 2.75) is 21.9 Å². The van der Waals surface area contributed by atoms with Gasteiger partial charge >= 0.3 is 0 Å². The number of anilines is 1. The highest BCUT2D eigenvalue weighted by Gasteiger charge is 2.14. The van der Waals surface area contributed by atoms with Crippen molar-refractivity contribution in [2.24, 2.45) is 0 Å². The molecule has 0 aliphatic heterocycles. The predicted octanol–water partition coefficient (Wildman–Crippen LogP) is 1.62. The van der Waals surface area contributed by atoms with Gasteiger partial charge in [-0.05, 0) is 43.9 Å². The van der Waals surface area contributed by atoms with Crippen molar-refractivity contribution in [3.8, 4) is 0 Å². The van der Waals surface area contributed by atoms with Crippen LogP contribution in [0.5, 0.6) is 0 Å². The summed E-state index contributed by atoms with van der Waals surface area (Å²) < 4.78 is 30.7. The number of sulfonamides is 1. The zero-order chi connectivity index (χ0) is 14.0. The van der Waals surface area contributed by atoms with Gasteiger partial charge < -0.3 is 10.2 Å². The number of nitrogens with one attached hydrogen (secondary N) is 1. The topological polar surface area (TPSA) is 98.2 Å². The molecular weight excluding hydrogens is 286 g/mol. The SMILES string of the molecule is CNS(=O)(=O)c1ccc(Sc2nc(C)co2)c(N)c1. The summed E-state index contributed by atoms with van der Waals surface area (Å²) in [5.74, 6) is 0. The van der Waals surface area contributed by atoms with Crippen molar-refractivity contribution < 1.29 is 12.8 Å². The fraction of sp³-hybridized carbons (Fsp3) is 0.182. The van der Waals surface area contributed by atoms with E-state index in [1.54, 1.807) is 12.3 Å². The Balaban J connectivity index is 2.30. The van der Waals surface area contributed by atoms with Crippen LogP contribution < -0.4 is 10.5 Å². The van der Waals surface area contributed by atoms with Gasteiger partial charge in [0.25, 0.3) is 5.22 Å². The van der Waals surface area contributed by atoms with Gasteiger partial charge in [0.1, 0.15) is 6.26 Å². The van der Waals surface area contributed by atoms with Gasteiger partial charge in [-0.1, -0.05) is 0 Å². The predicted molar refractivity (Wildman–Crippen MR) is 72.5 cm³/mol. The van der Waals surface area contributed by atoms with Crippen molar-refractivity contribution in [1.82, 2.24) is 9.71 Å². The highest BCUT2D eigenvalue weighted by Crippen LogP contribution is 2.32. The summed E-state index contributed by atoms with van der Waals surface area (Å²) in [6.45, 7) is 1.82. The number of nitrogens with zero attached hydrogens (tertiary/aromatic N) is 1. The Morgan fingerprint density at radius 2 is 2.16 bits per heavy atom. The van der Waals surface area contributed by atoms with E-state index in [-0.39, 0.29) is 4.90 Å². The van der Waals surface area contributed by atoms with Gasteiger partial charge in [0.05, 0.1) is 10.6 Å². The molecule has 1 aromatic carbocycles. The minimum absolute atomic E-state index is 0.125. The molecule has 0 saturated carbocycles. The summed E-state index contributed by atoms with van der Waals surface area (Å²) >= 11 is 1.24. The summed E-state index contributed by atoms with van der Waals surface area (Å²) in [4.78, 5) is 4.96. The van der Waals surface area contributed by atoms with Gasteiger partial charge in [0, 0.05) is 10.6 Å². The van der Waals surface area contributed by atoms with Crippen LogP contribution in [0.4, 0.5) is 5.69 Å². The molecule has 3 N–H and O–H groups in total. The first kappa shape index (κ1) is 13.9. The van der Waals surface area contributed by atoms with E-state index in [0.717, 1.165) is 5.69 Å². The van der Waals surface area contributed by atoms with Crippen molar-refractivity contribution >= 4 is 27.5 Å². The highest BCUT2D eigenvalue weighted by atomic mass is 32.2. The number of aryl methyl sites for hydroxylation is 1. The second-order valence-electron chi connectivity index (χ2n) is 3.76. The zero-order valence-corrected chi connectivity index (χ0v) is 12.0. The molecule has 0 spiro atoms. The Labute approximate surface area is 115 Å². The van der Waals surface area contributed by atoms with E-state index in [2.05, 4.69) is 9.71 Å². The summed E-state index contributed by atoms with van der Waals surface area (Å²) in [5, 5.41) is 0.466. The van der Waals surface area contributed by atoms with Crippen molar-refractivity contribution in [3.05, 3.63) is 30.2 Å². The van der Waals surface area contributed by atoms with Crippen LogP contribution >= 0.6 is 11.8 Å². The Morgan fingerprint density at radius 1 is 1.42 bits per heavy atom. The lowest BCUT2D eigenvalue weighted by atomic mass is 10.3.